The largest absolute Gasteiger partial charge is 0.376 e. The van der Waals surface area contributed by atoms with E-state index >= 15 is 0 Å². The van der Waals surface area contributed by atoms with Crippen LogP contribution in [0, 0.1) is 0 Å². The van der Waals surface area contributed by atoms with Gasteiger partial charge in [-0.25, -0.2) is 0 Å². The Bertz CT molecular complexity index is 829. The van der Waals surface area contributed by atoms with E-state index in [2.05, 4.69) is 15.5 Å². The van der Waals surface area contributed by atoms with Gasteiger partial charge in [0.2, 0.25) is 17.6 Å². The predicted octanol–water partition coefficient (Wildman–Crippen LogP) is 3.78. The molecule has 130 valence electrons. The number of anilines is 1. The van der Waals surface area contributed by atoms with E-state index in [-0.39, 0.29) is 5.91 Å². The van der Waals surface area contributed by atoms with Crippen molar-refractivity contribution in [1.29, 1.82) is 0 Å². The lowest BCUT2D eigenvalue weighted by Crippen LogP contribution is -2.27. The van der Waals surface area contributed by atoms with E-state index in [1.807, 2.05) is 48.0 Å². The highest BCUT2D eigenvalue weighted by atomic mass is 32.1. The Hall–Kier alpha value is -2.67. The number of carbonyl (C=O) groups is 1. The number of amides is 1. The second-order valence-electron chi connectivity index (χ2n) is 5.61. The standard InChI is InChI=1S/C18H20N4O2S/c1-3-22(13(2)23)11-14-5-4-6-16(9-14)19-10-17-20-18(21-24-17)15-7-8-25-12-15/h4-9,12,19H,3,10-11H2,1-2H3. The molecule has 0 saturated heterocycles. The van der Waals surface area contributed by atoms with Crippen molar-refractivity contribution in [2.75, 3.05) is 11.9 Å². The fraction of sp³-hybridized carbons (Fsp3) is 0.278. The summed E-state index contributed by atoms with van der Waals surface area (Å²) in [5.74, 6) is 1.21. The molecule has 0 fully saturated rings. The molecule has 2 aromatic heterocycles. The molecule has 0 unspecified atom stereocenters. The van der Waals surface area contributed by atoms with Crippen molar-refractivity contribution in [3.05, 3.63) is 52.5 Å². The van der Waals surface area contributed by atoms with Crippen LogP contribution in [0.4, 0.5) is 5.69 Å². The summed E-state index contributed by atoms with van der Waals surface area (Å²) in [5, 5.41) is 11.2. The first-order chi connectivity index (χ1) is 12.2. The average Bonchev–Trinajstić information content (AvgIpc) is 3.29. The summed E-state index contributed by atoms with van der Waals surface area (Å²) in [6, 6.07) is 9.95. The average molecular weight is 356 g/mol. The monoisotopic (exact) mass is 356 g/mol. The van der Waals surface area contributed by atoms with Crippen LogP contribution in [-0.4, -0.2) is 27.5 Å². The molecule has 0 bridgehead atoms. The molecule has 2 heterocycles. The number of nitrogens with one attached hydrogen (secondary N) is 1. The van der Waals surface area contributed by atoms with E-state index in [0.717, 1.165) is 16.8 Å². The molecule has 25 heavy (non-hydrogen) atoms. The van der Waals surface area contributed by atoms with Crippen LogP contribution in [0.2, 0.25) is 0 Å². The summed E-state index contributed by atoms with van der Waals surface area (Å²) >= 11 is 1.60. The van der Waals surface area contributed by atoms with Gasteiger partial charge in [0.15, 0.2) is 0 Å². The molecule has 3 aromatic rings. The molecule has 0 atom stereocenters. The van der Waals surface area contributed by atoms with E-state index in [4.69, 9.17) is 4.52 Å². The molecule has 0 aliphatic heterocycles. The third kappa shape index (κ3) is 4.45. The molecule has 0 spiro atoms. The van der Waals surface area contributed by atoms with Gasteiger partial charge in [0, 0.05) is 36.6 Å². The first kappa shape index (κ1) is 17.2. The van der Waals surface area contributed by atoms with Crippen molar-refractivity contribution >= 4 is 22.9 Å². The fourth-order valence-electron chi connectivity index (χ4n) is 2.46. The molecule has 0 aliphatic carbocycles. The van der Waals surface area contributed by atoms with E-state index in [1.165, 1.54) is 0 Å². The zero-order valence-corrected chi connectivity index (χ0v) is 15.0. The van der Waals surface area contributed by atoms with Crippen LogP contribution in [0.1, 0.15) is 25.3 Å². The van der Waals surface area contributed by atoms with Gasteiger partial charge >= 0.3 is 0 Å². The van der Waals surface area contributed by atoms with E-state index in [9.17, 15) is 4.79 Å². The zero-order valence-electron chi connectivity index (χ0n) is 14.2. The van der Waals surface area contributed by atoms with Crippen molar-refractivity contribution in [3.63, 3.8) is 0 Å². The first-order valence-corrected chi connectivity index (χ1v) is 9.03. The van der Waals surface area contributed by atoms with Crippen LogP contribution in [0.3, 0.4) is 0 Å². The number of rotatable bonds is 7. The minimum absolute atomic E-state index is 0.0766. The summed E-state index contributed by atoms with van der Waals surface area (Å²) in [5.41, 5.74) is 2.99. The number of aromatic nitrogens is 2. The van der Waals surface area contributed by atoms with Crippen molar-refractivity contribution in [3.8, 4) is 11.4 Å². The number of thiophene rings is 1. The minimum Gasteiger partial charge on any atom is -0.376 e. The van der Waals surface area contributed by atoms with Gasteiger partial charge < -0.3 is 14.7 Å². The molecule has 6 nitrogen and oxygen atoms in total. The second-order valence-corrected chi connectivity index (χ2v) is 6.39. The summed E-state index contributed by atoms with van der Waals surface area (Å²) in [6.07, 6.45) is 0. The SMILES string of the molecule is CCN(Cc1cccc(NCc2nc(-c3ccsc3)no2)c1)C(C)=O. The maximum Gasteiger partial charge on any atom is 0.246 e. The Kier molecular flexibility index (Phi) is 5.45. The Balaban J connectivity index is 1.62. The zero-order chi connectivity index (χ0) is 17.6. The van der Waals surface area contributed by atoms with Gasteiger partial charge in [-0.15, -0.1) is 0 Å². The van der Waals surface area contributed by atoms with E-state index in [0.29, 0.717) is 31.3 Å². The maximum absolute atomic E-state index is 11.6. The first-order valence-electron chi connectivity index (χ1n) is 8.09. The van der Waals surface area contributed by atoms with Gasteiger partial charge in [0.25, 0.3) is 0 Å². The molecule has 1 N–H and O–H groups in total. The third-order valence-corrected chi connectivity index (χ3v) is 4.50. The lowest BCUT2D eigenvalue weighted by atomic mass is 10.2. The second kappa shape index (κ2) is 7.94. The lowest BCUT2D eigenvalue weighted by molar-refractivity contribution is -0.129. The Morgan fingerprint density at radius 1 is 1.36 bits per heavy atom. The highest BCUT2D eigenvalue weighted by Gasteiger charge is 2.10. The summed E-state index contributed by atoms with van der Waals surface area (Å²) in [7, 11) is 0. The molecular formula is C18H20N4O2S. The van der Waals surface area contributed by atoms with Crippen LogP contribution in [0.25, 0.3) is 11.4 Å². The number of hydrogen-bond donors (Lipinski definition) is 1. The molecule has 7 heteroatoms. The van der Waals surface area contributed by atoms with Gasteiger partial charge in [-0.3, -0.25) is 4.79 Å². The molecule has 1 aromatic carbocycles. The van der Waals surface area contributed by atoms with Crippen LogP contribution in [0.5, 0.6) is 0 Å². The molecular weight excluding hydrogens is 336 g/mol. The molecule has 0 radical (unpaired) electrons. The van der Waals surface area contributed by atoms with Crippen LogP contribution < -0.4 is 5.32 Å². The molecule has 3 rings (SSSR count). The number of carbonyl (C=O) groups excluding carboxylic acids is 1. The van der Waals surface area contributed by atoms with Crippen molar-refractivity contribution in [2.24, 2.45) is 0 Å². The van der Waals surface area contributed by atoms with Crippen molar-refractivity contribution in [1.82, 2.24) is 15.0 Å². The lowest BCUT2D eigenvalue weighted by Gasteiger charge is -2.19. The number of nitrogens with zero attached hydrogens (tertiary/aromatic N) is 3. The summed E-state index contributed by atoms with van der Waals surface area (Å²) in [6.45, 7) is 5.31. The van der Waals surface area contributed by atoms with Gasteiger partial charge in [0.05, 0.1) is 6.54 Å². The summed E-state index contributed by atoms with van der Waals surface area (Å²) < 4.78 is 5.28. The normalized spacial score (nSPS) is 10.6. The fourth-order valence-corrected chi connectivity index (χ4v) is 3.09. The van der Waals surface area contributed by atoms with Crippen molar-refractivity contribution in [2.45, 2.75) is 26.9 Å². The Morgan fingerprint density at radius 3 is 2.96 bits per heavy atom. The Morgan fingerprint density at radius 2 is 2.24 bits per heavy atom. The predicted molar refractivity (Wildman–Crippen MR) is 98.1 cm³/mol. The molecule has 0 aliphatic rings. The van der Waals surface area contributed by atoms with Gasteiger partial charge in [-0.1, -0.05) is 17.3 Å². The highest BCUT2D eigenvalue weighted by Crippen LogP contribution is 2.19. The topological polar surface area (TPSA) is 71.3 Å². The number of benzene rings is 1. The molecule has 1 amide bonds. The third-order valence-electron chi connectivity index (χ3n) is 3.82. The van der Waals surface area contributed by atoms with Crippen LogP contribution in [0.15, 0.2) is 45.6 Å². The molecule has 0 saturated carbocycles. The van der Waals surface area contributed by atoms with Crippen LogP contribution >= 0.6 is 11.3 Å². The maximum atomic E-state index is 11.6. The van der Waals surface area contributed by atoms with Gasteiger partial charge in [0.1, 0.15) is 0 Å². The Labute approximate surface area is 150 Å². The van der Waals surface area contributed by atoms with Crippen LogP contribution in [-0.2, 0) is 17.9 Å². The van der Waals surface area contributed by atoms with Crippen molar-refractivity contribution < 1.29 is 9.32 Å². The van der Waals surface area contributed by atoms with Gasteiger partial charge in [-0.2, -0.15) is 16.3 Å². The minimum atomic E-state index is 0.0766. The number of hydrogen-bond acceptors (Lipinski definition) is 6. The van der Waals surface area contributed by atoms with E-state index in [1.54, 1.807) is 23.2 Å². The van der Waals surface area contributed by atoms with Gasteiger partial charge in [-0.05, 0) is 36.1 Å². The summed E-state index contributed by atoms with van der Waals surface area (Å²) in [4.78, 5) is 17.7. The van der Waals surface area contributed by atoms with E-state index < -0.39 is 0 Å². The smallest absolute Gasteiger partial charge is 0.246 e. The quantitative estimate of drug-likeness (QED) is 0.697. The highest BCUT2D eigenvalue weighted by molar-refractivity contribution is 7.08.